The molecule has 16 heavy (non-hydrogen) atoms. The Labute approximate surface area is 108 Å². The van der Waals surface area contributed by atoms with E-state index < -0.39 is 0 Å². The average molecular weight is 307 g/mol. The van der Waals surface area contributed by atoms with E-state index in [2.05, 4.69) is 30.8 Å². The third-order valence-electron chi connectivity index (χ3n) is 2.70. The van der Waals surface area contributed by atoms with Gasteiger partial charge in [-0.05, 0) is 28.8 Å². The van der Waals surface area contributed by atoms with Gasteiger partial charge in [0, 0.05) is 18.5 Å². The zero-order valence-corrected chi connectivity index (χ0v) is 11.3. The second-order valence-corrected chi connectivity index (χ2v) is 4.83. The predicted molar refractivity (Wildman–Crippen MR) is 67.4 cm³/mol. The van der Waals surface area contributed by atoms with Gasteiger partial charge in [0.05, 0.1) is 17.8 Å². The molecule has 1 aliphatic rings. The molecular formula is C10H13BrClN3O. The fourth-order valence-corrected chi connectivity index (χ4v) is 2.56. The molecule has 0 aromatic carbocycles. The molecule has 1 atom stereocenters. The van der Waals surface area contributed by atoms with Gasteiger partial charge in [-0.25, -0.2) is 4.98 Å². The van der Waals surface area contributed by atoms with Crippen molar-refractivity contribution in [3.8, 4) is 5.88 Å². The van der Waals surface area contributed by atoms with Crippen molar-refractivity contribution in [1.82, 2.24) is 9.97 Å². The minimum Gasteiger partial charge on any atom is -0.480 e. The first kappa shape index (κ1) is 11.9. The van der Waals surface area contributed by atoms with Crippen LogP contribution in [0.15, 0.2) is 10.7 Å². The lowest BCUT2D eigenvalue weighted by atomic mass is 10.2. The van der Waals surface area contributed by atoms with E-state index in [0.29, 0.717) is 23.8 Å². The Morgan fingerprint density at radius 3 is 3.19 bits per heavy atom. The second-order valence-electron chi connectivity index (χ2n) is 3.67. The zero-order valence-electron chi connectivity index (χ0n) is 8.99. The second kappa shape index (κ2) is 5.19. The average Bonchev–Trinajstić information content (AvgIpc) is 2.78. The van der Waals surface area contributed by atoms with Crippen LogP contribution in [0.3, 0.4) is 0 Å². The molecule has 1 fully saturated rings. The number of halogens is 2. The van der Waals surface area contributed by atoms with Crippen molar-refractivity contribution in [3.63, 3.8) is 0 Å². The number of hydrogen-bond donors (Lipinski definition) is 0. The zero-order chi connectivity index (χ0) is 11.5. The van der Waals surface area contributed by atoms with E-state index in [9.17, 15) is 0 Å². The van der Waals surface area contributed by atoms with Crippen molar-refractivity contribution in [2.45, 2.75) is 18.9 Å². The number of nitrogens with zero attached hydrogens (tertiary/aromatic N) is 3. The summed E-state index contributed by atoms with van der Waals surface area (Å²) in [4.78, 5) is 10.8. The highest BCUT2D eigenvalue weighted by Crippen LogP contribution is 2.27. The smallest absolute Gasteiger partial charge is 0.232 e. The SMILES string of the molecule is COc1nc(N2CCCC2CCl)ncc1Br. The number of ether oxygens (including phenoxy) is 1. The molecule has 4 nitrogen and oxygen atoms in total. The lowest BCUT2D eigenvalue weighted by Gasteiger charge is -2.22. The van der Waals surface area contributed by atoms with Crippen LogP contribution in [-0.4, -0.2) is 35.5 Å². The van der Waals surface area contributed by atoms with Crippen LogP contribution >= 0.6 is 27.5 Å². The van der Waals surface area contributed by atoms with Gasteiger partial charge in [0.15, 0.2) is 0 Å². The summed E-state index contributed by atoms with van der Waals surface area (Å²) < 4.78 is 5.92. The lowest BCUT2D eigenvalue weighted by molar-refractivity contribution is 0.393. The highest BCUT2D eigenvalue weighted by atomic mass is 79.9. The maximum atomic E-state index is 5.92. The van der Waals surface area contributed by atoms with Gasteiger partial charge in [-0.15, -0.1) is 11.6 Å². The summed E-state index contributed by atoms with van der Waals surface area (Å²) in [6.45, 7) is 0.960. The molecule has 2 rings (SSSR count). The highest BCUT2D eigenvalue weighted by molar-refractivity contribution is 9.10. The van der Waals surface area contributed by atoms with Crippen molar-refractivity contribution in [2.24, 2.45) is 0 Å². The molecule has 0 bridgehead atoms. The van der Waals surface area contributed by atoms with E-state index in [4.69, 9.17) is 16.3 Å². The van der Waals surface area contributed by atoms with Crippen molar-refractivity contribution >= 4 is 33.5 Å². The molecular weight excluding hydrogens is 293 g/mol. The number of anilines is 1. The van der Waals surface area contributed by atoms with Crippen LogP contribution in [0, 0.1) is 0 Å². The van der Waals surface area contributed by atoms with E-state index in [0.717, 1.165) is 23.9 Å². The highest BCUT2D eigenvalue weighted by Gasteiger charge is 2.26. The Kier molecular flexibility index (Phi) is 3.86. The Hall–Kier alpha value is -0.550. The molecule has 1 aromatic rings. The Morgan fingerprint density at radius 1 is 1.69 bits per heavy atom. The van der Waals surface area contributed by atoms with Crippen LogP contribution in [-0.2, 0) is 0 Å². The molecule has 1 saturated heterocycles. The predicted octanol–water partition coefficient (Wildman–Crippen LogP) is 2.46. The third-order valence-corrected chi connectivity index (χ3v) is 3.60. The van der Waals surface area contributed by atoms with Crippen LogP contribution in [0.2, 0.25) is 0 Å². The summed E-state index contributed by atoms with van der Waals surface area (Å²) in [7, 11) is 1.60. The van der Waals surface area contributed by atoms with Crippen LogP contribution in [0.5, 0.6) is 5.88 Å². The summed E-state index contributed by atoms with van der Waals surface area (Å²) in [5.41, 5.74) is 0. The van der Waals surface area contributed by atoms with Gasteiger partial charge in [0.2, 0.25) is 11.8 Å². The molecule has 0 N–H and O–H groups in total. The third kappa shape index (κ3) is 2.25. The summed E-state index contributed by atoms with van der Waals surface area (Å²) in [5, 5.41) is 0. The first-order valence-corrected chi connectivity index (χ1v) is 6.48. The van der Waals surface area contributed by atoms with E-state index in [1.165, 1.54) is 0 Å². The van der Waals surface area contributed by atoms with E-state index in [1.54, 1.807) is 13.3 Å². The van der Waals surface area contributed by atoms with Gasteiger partial charge >= 0.3 is 0 Å². The summed E-state index contributed by atoms with van der Waals surface area (Å²) in [6.07, 6.45) is 3.95. The van der Waals surface area contributed by atoms with Crippen LogP contribution in [0.25, 0.3) is 0 Å². The van der Waals surface area contributed by atoms with Gasteiger partial charge in [-0.3, -0.25) is 0 Å². The van der Waals surface area contributed by atoms with Gasteiger partial charge in [-0.1, -0.05) is 0 Å². The standard InChI is InChI=1S/C10H13BrClN3O/c1-16-9-8(11)6-13-10(14-9)15-4-2-3-7(15)5-12/h6-7H,2-5H2,1H3. The van der Waals surface area contributed by atoms with Gasteiger partial charge in [0.25, 0.3) is 0 Å². The van der Waals surface area contributed by atoms with Gasteiger partial charge in [-0.2, -0.15) is 4.98 Å². The normalized spacial score (nSPS) is 20.2. The van der Waals surface area contributed by atoms with Crippen LogP contribution < -0.4 is 9.64 Å². The molecule has 1 aliphatic heterocycles. The first-order chi connectivity index (χ1) is 7.76. The van der Waals surface area contributed by atoms with Crippen LogP contribution in [0.1, 0.15) is 12.8 Å². The molecule has 2 heterocycles. The van der Waals surface area contributed by atoms with Crippen molar-refractivity contribution in [2.75, 3.05) is 24.4 Å². The molecule has 0 amide bonds. The maximum absolute atomic E-state index is 5.92. The first-order valence-electron chi connectivity index (χ1n) is 5.15. The molecule has 0 spiro atoms. The largest absolute Gasteiger partial charge is 0.480 e. The molecule has 6 heteroatoms. The fourth-order valence-electron chi connectivity index (χ4n) is 1.88. The molecule has 1 unspecified atom stereocenters. The number of hydrogen-bond acceptors (Lipinski definition) is 4. The number of methoxy groups -OCH3 is 1. The molecule has 0 saturated carbocycles. The quantitative estimate of drug-likeness (QED) is 0.804. The van der Waals surface area contributed by atoms with Crippen molar-refractivity contribution < 1.29 is 4.74 Å². The van der Waals surface area contributed by atoms with Crippen molar-refractivity contribution in [3.05, 3.63) is 10.7 Å². The number of alkyl halides is 1. The number of rotatable bonds is 3. The molecule has 88 valence electrons. The van der Waals surface area contributed by atoms with Crippen molar-refractivity contribution in [1.29, 1.82) is 0 Å². The van der Waals surface area contributed by atoms with E-state index >= 15 is 0 Å². The van der Waals surface area contributed by atoms with Gasteiger partial charge in [0.1, 0.15) is 0 Å². The Morgan fingerprint density at radius 2 is 2.50 bits per heavy atom. The summed E-state index contributed by atoms with van der Waals surface area (Å²) >= 11 is 9.26. The fraction of sp³-hybridized carbons (Fsp3) is 0.600. The topological polar surface area (TPSA) is 38.2 Å². The number of aromatic nitrogens is 2. The Bertz CT molecular complexity index is 377. The minimum absolute atomic E-state index is 0.340. The molecule has 0 radical (unpaired) electrons. The van der Waals surface area contributed by atoms with Crippen LogP contribution in [0.4, 0.5) is 5.95 Å². The van der Waals surface area contributed by atoms with Gasteiger partial charge < -0.3 is 9.64 Å². The Balaban J connectivity index is 2.26. The summed E-state index contributed by atoms with van der Waals surface area (Å²) in [5.74, 6) is 1.87. The maximum Gasteiger partial charge on any atom is 0.232 e. The lowest BCUT2D eigenvalue weighted by Crippen LogP contribution is -2.32. The summed E-state index contributed by atoms with van der Waals surface area (Å²) in [6, 6.07) is 0.340. The molecule has 1 aromatic heterocycles. The minimum atomic E-state index is 0.340. The monoisotopic (exact) mass is 305 g/mol. The van der Waals surface area contributed by atoms with E-state index in [-0.39, 0.29) is 0 Å². The molecule has 0 aliphatic carbocycles. The van der Waals surface area contributed by atoms with E-state index in [1.807, 2.05) is 0 Å².